The number of nitrogens with zero attached hydrogens (tertiary/aromatic N) is 2. The van der Waals surface area contributed by atoms with Crippen molar-refractivity contribution in [1.82, 2.24) is 9.80 Å². The van der Waals surface area contributed by atoms with E-state index in [0.29, 0.717) is 6.04 Å². The molecule has 2 aromatic carbocycles. The molecule has 1 saturated heterocycles. The van der Waals surface area contributed by atoms with Crippen molar-refractivity contribution in [3.05, 3.63) is 65.7 Å². The molecule has 0 radical (unpaired) electrons. The minimum atomic E-state index is -0.0276. The van der Waals surface area contributed by atoms with Crippen LogP contribution in [0.25, 0.3) is 0 Å². The number of likely N-dealkylation sites (N-methyl/N-ethyl adjacent to an activating group) is 1. The Balaban J connectivity index is 1.49. The van der Waals surface area contributed by atoms with Gasteiger partial charge in [0.05, 0.1) is 0 Å². The molecule has 1 aliphatic rings. The number of likely N-dealkylation sites (tertiary alicyclic amines) is 1. The molecule has 0 unspecified atom stereocenters. The fraction of sp³-hybridized carbons (Fsp3) is 0.435. The van der Waals surface area contributed by atoms with Gasteiger partial charge in [-0.3, -0.25) is 9.69 Å². The van der Waals surface area contributed by atoms with E-state index in [1.54, 1.807) is 0 Å². The van der Waals surface area contributed by atoms with E-state index in [0.717, 1.165) is 38.3 Å². The average Bonchev–Trinajstić information content (AvgIpc) is 2.68. The Labute approximate surface area is 163 Å². The second kappa shape index (κ2) is 9.67. The van der Waals surface area contributed by atoms with Crippen LogP contribution in [-0.2, 0) is 17.8 Å². The first-order valence-corrected chi connectivity index (χ1v) is 9.93. The maximum Gasteiger partial charge on any atom is 0.221 e. The van der Waals surface area contributed by atoms with Crippen LogP contribution in [-0.4, -0.2) is 48.4 Å². The summed E-state index contributed by atoms with van der Waals surface area (Å²) in [5, 5.41) is 2.83. The lowest BCUT2D eigenvalue weighted by atomic mass is 10.0. The number of amides is 1. The topological polar surface area (TPSA) is 35.6 Å². The van der Waals surface area contributed by atoms with Gasteiger partial charge in [-0.15, -0.1) is 0 Å². The number of carbonyl (C=O) groups excluding carboxylic acids is 1. The third-order valence-corrected chi connectivity index (χ3v) is 5.38. The summed E-state index contributed by atoms with van der Waals surface area (Å²) in [5.41, 5.74) is 3.58. The smallest absolute Gasteiger partial charge is 0.221 e. The molecular formula is C23H31N3O. The van der Waals surface area contributed by atoms with Crippen LogP contribution in [0.1, 0.15) is 30.9 Å². The zero-order chi connectivity index (χ0) is 19.1. The SMILES string of the molecule is CC(=O)Nc1ccc(CN2CCC[C@@H](N(C)CCc3ccccc3)C2)cc1. The molecule has 1 amide bonds. The molecule has 1 aliphatic heterocycles. The number of piperidine rings is 1. The zero-order valence-corrected chi connectivity index (χ0v) is 16.5. The Bertz CT molecular complexity index is 714. The van der Waals surface area contributed by atoms with Crippen molar-refractivity contribution in [3.8, 4) is 0 Å². The third kappa shape index (κ3) is 6.19. The molecule has 4 nitrogen and oxygen atoms in total. The molecule has 1 heterocycles. The highest BCUT2D eigenvalue weighted by atomic mass is 16.1. The number of benzene rings is 2. The summed E-state index contributed by atoms with van der Waals surface area (Å²) in [7, 11) is 2.26. The Morgan fingerprint density at radius 3 is 2.56 bits per heavy atom. The molecule has 1 N–H and O–H groups in total. The normalized spacial score (nSPS) is 17.8. The van der Waals surface area contributed by atoms with Crippen molar-refractivity contribution < 1.29 is 4.79 Å². The monoisotopic (exact) mass is 365 g/mol. The van der Waals surface area contributed by atoms with E-state index >= 15 is 0 Å². The quantitative estimate of drug-likeness (QED) is 0.811. The molecule has 4 heteroatoms. The predicted molar refractivity (Wildman–Crippen MR) is 112 cm³/mol. The summed E-state index contributed by atoms with van der Waals surface area (Å²) in [6.45, 7) is 5.91. The molecule has 2 aromatic rings. The van der Waals surface area contributed by atoms with Crippen LogP contribution in [0.4, 0.5) is 5.69 Å². The summed E-state index contributed by atoms with van der Waals surface area (Å²) in [4.78, 5) is 16.2. The van der Waals surface area contributed by atoms with Gasteiger partial charge in [-0.1, -0.05) is 42.5 Å². The second-order valence-corrected chi connectivity index (χ2v) is 7.63. The lowest BCUT2D eigenvalue weighted by Crippen LogP contribution is -2.46. The Morgan fingerprint density at radius 2 is 1.85 bits per heavy atom. The van der Waals surface area contributed by atoms with Crippen molar-refractivity contribution >= 4 is 11.6 Å². The van der Waals surface area contributed by atoms with Gasteiger partial charge in [0.2, 0.25) is 5.91 Å². The van der Waals surface area contributed by atoms with Gasteiger partial charge in [-0.05, 0) is 56.1 Å². The van der Waals surface area contributed by atoms with Crippen molar-refractivity contribution in [3.63, 3.8) is 0 Å². The van der Waals surface area contributed by atoms with E-state index in [4.69, 9.17) is 0 Å². The number of carbonyl (C=O) groups is 1. The summed E-state index contributed by atoms with van der Waals surface area (Å²) in [6.07, 6.45) is 3.64. The largest absolute Gasteiger partial charge is 0.326 e. The fourth-order valence-electron chi connectivity index (χ4n) is 3.82. The first-order chi connectivity index (χ1) is 13.1. The van der Waals surface area contributed by atoms with Gasteiger partial charge in [0, 0.05) is 38.3 Å². The van der Waals surface area contributed by atoms with E-state index < -0.39 is 0 Å². The molecule has 1 atom stereocenters. The summed E-state index contributed by atoms with van der Waals surface area (Å²) in [6, 6.07) is 19.6. The molecule has 0 spiro atoms. The molecule has 3 rings (SSSR count). The van der Waals surface area contributed by atoms with Crippen LogP contribution in [0.3, 0.4) is 0 Å². The lowest BCUT2D eigenvalue weighted by molar-refractivity contribution is -0.114. The first-order valence-electron chi connectivity index (χ1n) is 9.93. The van der Waals surface area contributed by atoms with Gasteiger partial charge < -0.3 is 10.2 Å². The molecule has 1 fully saturated rings. The van der Waals surface area contributed by atoms with Gasteiger partial charge in [0.1, 0.15) is 0 Å². The van der Waals surface area contributed by atoms with Crippen molar-refractivity contribution in [2.24, 2.45) is 0 Å². The Kier molecular flexibility index (Phi) is 7.02. The highest BCUT2D eigenvalue weighted by Crippen LogP contribution is 2.19. The number of rotatable bonds is 7. The maximum atomic E-state index is 11.1. The fourth-order valence-corrected chi connectivity index (χ4v) is 3.82. The van der Waals surface area contributed by atoms with E-state index in [1.807, 2.05) is 12.1 Å². The van der Waals surface area contributed by atoms with Crippen molar-refractivity contribution in [2.45, 2.75) is 38.8 Å². The summed E-state index contributed by atoms with van der Waals surface area (Å²) < 4.78 is 0. The van der Waals surface area contributed by atoms with Crippen LogP contribution < -0.4 is 5.32 Å². The number of anilines is 1. The summed E-state index contributed by atoms with van der Waals surface area (Å²) >= 11 is 0. The predicted octanol–water partition coefficient (Wildman–Crippen LogP) is 3.78. The second-order valence-electron chi connectivity index (χ2n) is 7.63. The molecule has 0 bridgehead atoms. The lowest BCUT2D eigenvalue weighted by Gasteiger charge is -2.37. The van der Waals surface area contributed by atoms with Gasteiger partial charge >= 0.3 is 0 Å². The van der Waals surface area contributed by atoms with Crippen LogP contribution in [0.2, 0.25) is 0 Å². The van der Waals surface area contributed by atoms with E-state index in [1.165, 1.54) is 30.9 Å². The van der Waals surface area contributed by atoms with E-state index in [2.05, 4.69) is 64.6 Å². The van der Waals surface area contributed by atoms with Gasteiger partial charge in [0.25, 0.3) is 0 Å². The van der Waals surface area contributed by atoms with Crippen LogP contribution in [0.5, 0.6) is 0 Å². The first kappa shape index (κ1) is 19.6. The van der Waals surface area contributed by atoms with Gasteiger partial charge in [-0.2, -0.15) is 0 Å². The highest BCUT2D eigenvalue weighted by Gasteiger charge is 2.23. The number of hydrogen-bond donors (Lipinski definition) is 1. The minimum Gasteiger partial charge on any atom is -0.326 e. The molecule has 144 valence electrons. The standard InChI is InChI=1S/C23H31N3O/c1-19(27)24-22-12-10-21(11-13-22)17-26-15-6-9-23(18-26)25(2)16-14-20-7-4-3-5-8-20/h3-5,7-8,10-13,23H,6,9,14-18H2,1-2H3,(H,24,27)/t23-/m1/s1. The van der Waals surface area contributed by atoms with E-state index in [9.17, 15) is 4.79 Å². The van der Waals surface area contributed by atoms with Gasteiger partial charge in [0.15, 0.2) is 0 Å². The van der Waals surface area contributed by atoms with Crippen LogP contribution >= 0.6 is 0 Å². The molecule has 0 saturated carbocycles. The van der Waals surface area contributed by atoms with Crippen molar-refractivity contribution in [1.29, 1.82) is 0 Å². The number of hydrogen-bond acceptors (Lipinski definition) is 3. The minimum absolute atomic E-state index is 0.0276. The van der Waals surface area contributed by atoms with Gasteiger partial charge in [-0.25, -0.2) is 0 Å². The summed E-state index contributed by atoms with van der Waals surface area (Å²) in [5.74, 6) is -0.0276. The van der Waals surface area contributed by atoms with Crippen LogP contribution in [0, 0.1) is 0 Å². The number of nitrogens with one attached hydrogen (secondary N) is 1. The third-order valence-electron chi connectivity index (χ3n) is 5.38. The Morgan fingerprint density at radius 1 is 1.11 bits per heavy atom. The Hall–Kier alpha value is -2.17. The molecular weight excluding hydrogens is 334 g/mol. The molecule has 0 aliphatic carbocycles. The highest BCUT2D eigenvalue weighted by molar-refractivity contribution is 5.88. The molecule has 27 heavy (non-hydrogen) atoms. The molecule has 0 aromatic heterocycles. The zero-order valence-electron chi connectivity index (χ0n) is 16.5. The average molecular weight is 366 g/mol. The maximum absolute atomic E-state index is 11.1. The van der Waals surface area contributed by atoms with E-state index in [-0.39, 0.29) is 5.91 Å². The van der Waals surface area contributed by atoms with Crippen LogP contribution in [0.15, 0.2) is 54.6 Å². The van der Waals surface area contributed by atoms with Crippen molar-refractivity contribution in [2.75, 3.05) is 32.0 Å².